The second-order valence-corrected chi connectivity index (χ2v) is 3.68. The Morgan fingerprint density at radius 3 is 2.89 bits per heavy atom. The van der Waals surface area contributed by atoms with Gasteiger partial charge in [0.15, 0.2) is 6.29 Å². The van der Waals surface area contributed by atoms with E-state index in [9.17, 15) is 14.4 Å². The van der Waals surface area contributed by atoms with Gasteiger partial charge in [-0.1, -0.05) is 12.1 Å². The van der Waals surface area contributed by atoms with Crippen molar-refractivity contribution in [1.29, 1.82) is 0 Å². The third-order valence-corrected chi connectivity index (χ3v) is 2.60. The lowest BCUT2D eigenvalue weighted by Gasteiger charge is -2.04. The first-order valence-corrected chi connectivity index (χ1v) is 5.22. The van der Waals surface area contributed by atoms with Crippen molar-refractivity contribution >= 4 is 23.2 Å². The summed E-state index contributed by atoms with van der Waals surface area (Å²) in [6.45, 7) is 0. The highest BCUT2D eigenvalue weighted by Crippen LogP contribution is 2.17. The zero-order valence-electron chi connectivity index (χ0n) is 9.64. The summed E-state index contributed by atoms with van der Waals surface area (Å²) in [5.41, 5.74) is 0.406. The number of benzene rings is 1. The number of carbonyl (C=O) groups is 2. The normalized spacial score (nSPS) is 10.3. The second kappa shape index (κ2) is 4.83. The maximum atomic E-state index is 11.9. The second-order valence-electron chi connectivity index (χ2n) is 3.68. The Morgan fingerprint density at radius 2 is 2.22 bits per heavy atom. The predicted molar refractivity (Wildman–Crippen MR) is 63.6 cm³/mol. The van der Waals surface area contributed by atoms with Gasteiger partial charge in [0.05, 0.1) is 24.5 Å². The lowest BCUT2D eigenvalue weighted by atomic mass is 10.1. The number of esters is 1. The highest BCUT2D eigenvalue weighted by molar-refractivity contribution is 5.88. The molecule has 0 unspecified atom stereocenters. The third kappa shape index (κ3) is 2.02. The molecule has 1 aromatic heterocycles. The number of hydrogen-bond donors (Lipinski definition) is 0. The fourth-order valence-corrected chi connectivity index (χ4v) is 1.68. The number of rotatable bonds is 3. The van der Waals surface area contributed by atoms with Gasteiger partial charge in [-0.25, -0.2) is 0 Å². The van der Waals surface area contributed by atoms with Crippen LogP contribution in [0.1, 0.15) is 15.9 Å². The molecule has 0 spiro atoms. The van der Waals surface area contributed by atoms with Crippen LogP contribution in [0.15, 0.2) is 33.7 Å². The molecule has 0 amide bonds. The van der Waals surface area contributed by atoms with Crippen molar-refractivity contribution in [2.45, 2.75) is 6.42 Å². The van der Waals surface area contributed by atoms with Gasteiger partial charge in [-0.3, -0.25) is 14.4 Å². The maximum absolute atomic E-state index is 11.9. The SMILES string of the molecule is COC(=O)Cc1cccc2c(=O)c(C=O)coc12. The third-order valence-electron chi connectivity index (χ3n) is 2.60. The van der Waals surface area contributed by atoms with E-state index in [0.717, 1.165) is 6.26 Å². The number of hydrogen-bond acceptors (Lipinski definition) is 5. The molecule has 5 heteroatoms. The van der Waals surface area contributed by atoms with Crippen LogP contribution in [0.3, 0.4) is 0 Å². The molecule has 2 aromatic rings. The average molecular weight is 246 g/mol. The van der Waals surface area contributed by atoms with E-state index in [4.69, 9.17) is 4.42 Å². The van der Waals surface area contributed by atoms with Crippen LogP contribution >= 0.6 is 0 Å². The largest absolute Gasteiger partial charge is 0.469 e. The molecule has 0 bridgehead atoms. The molecule has 0 atom stereocenters. The fraction of sp³-hybridized carbons (Fsp3) is 0.154. The van der Waals surface area contributed by atoms with Gasteiger partial charge in [0.1, 0.15) is 11.8 Å². The summed E-state index contributed by atoms with van der Waals surface area (Å²) in [6, 6.07) is 4.85. The van der Waals surface area contributed by atoms with E-state index in [1.807, 2.05) is 0 Å². The summed E-state index contributed by atoms with van der Waals surface area (Å²) in [4.78, 5) is 33.7. The van der Waals surface area contributed by atoms with Crippen molar-refractivity contribution in [1.82, 2.24) is 0 Å². The molecule has 0 aliphatic carbocycles. The Kier molecular flexibility index (Phi) is 3.23. The summed E-state index contributed by atoms with van der Waals surface area (Å²) < 4.78 is 9.82. The quantitative estimate of drug-likeness (QED) is 0.603. The Morgan fingerprint density at radius 1 is 1.44 bits per heavy atom. The Balaban J connectivity index is 2.64. The van der Waals surface area contributed by atoms with Crippen LogP contribution in [0, 0.1) is 0 Å². The molecule has 1 heterocycles. The Hall–Kier alpha value is -2.43. The lowest BCUT2D eigenvalue weighted by Crippen LogP contribution is -2.10. The van der Waals surface area contributed by atoms with Crippen molar-refractivity contribution in [3.8, 4) is 0 Å². The van der Waals surface area contributed by atoms with E-state index in [2.05, 4.69) is 4.74 Å². The highest BCUT2D eigenvalue weighted by atomic mass is 16.5. The van der Waals surface area contributed by atoms with Crippen LogP contribution in [-0.2, 0) is 16.0 Å². The summed E-state index contributed by atoms with van der Waals surface area (Å²) in [6.07, 6.45) is 1.55. The van der Waals surface area contributed by atoms with Crippen molar-refractivity contribution < 1.29 is 18.7 Å². The molecule has 0 N–H and O–H groups in total. The molecule has 0 saturated heterocycles. The van der Waals surface area contributed by atoms with Gasteiger partial charge >= 0.3 is 5.97 Å². The van der Waals surface area contributed by atoms with Gasteiger partial charge in [-0.15, -0.1) is 0 Å². The summed E-state index contributed by atoms with van der Waals surface area (Å²) in [5, 5.41) is 0.279. The summed E-state index contributed by atoms with van der Waals surface area (Å²) in [7, 11) is 1.29. The van der Waals surface area contributed by atoms with Crippen LogP contribution in [-0.4, -0.2) is 19.4 Å². The minimum atomic E-state index is -0.426. The van der Waals surface area contributed by atoms with Crippen molar-refractivity contribution in [2.24, 2.45) is 0 Å². The van der Waals surface area contributed by atoms with Gasteiger partial charge in [-0.05, 0) is 6.07 Å². The average Bonchev–Trinajstić information content (AvgIpc) is 2.40. The molecule has 92 valence electrons. The molecule has 0 aliphatic rings. The molecular weight excluding hydrogens is 236 g/mol. The maximum Gasteiger partial charge on any atom is 0.310 e. The molecule has 18 heavy (non-hydrogen) atoms. The van der Waals surface area contributed by atoms with Crippen molar-refractivity contribution in [2.75, 3.05) is 7.11 Å². The van der Waals surface area contributed by atoms with Crippen molar-refractivity contribution in [3.63, 3.8) is 0 Å². The Labute approximate surface area is 102 Å². The first-order chi connectivity index (χ1) is 8.67. The number of methoxy groups -OCH3 is 1. The number of carbonyl (C=O) groups excluding carboxylic acids is 2. The zero-order chi connectivity index (χ0) is 13.1. The van der Waals surface area contributed by atoms with Crippen LogP contribution in [0.5, 0.6) is 0 Å². The van der Waals surface area contributed by atoms with Gasteiger partial charge in [-0.2, -0.15) is 0 Å². The molecule has 1 aromatic carbocycles. The van der Waals surface area contributed by atoms with E-state index >= 15 is 0 Å². The first-order valence-electron chi connectivity index (χ1n) is 5.22. The number of fused-ring (bicyclic) bond motifs is 1. The minimum Gasteiger partial charge on any atom is -0.469 e. The number of aldehydes is 1. The number of para-hydroxylation sites is 1. The standard InChI is InChI=1S/C13H10O5/c1-17-11(15)5-8-3-2-4-10-12(16)9(6-14)7-18-13(8)10/h2-4,6-7H,5H2,1H3. The van der Waals surface area contributed by atoms with Gasteiger partial charge in [0.2, 0.25) is 5.43 Å². The molecule has 0 radical (unpaired) electrons. The predicted octanol–water partition coefficient (Wildman–Crippen LogP) is 1.32. The van der Waals surface area contributed by atoms with E-state index in [1.54, 1.807) is 18.2 Å². The molecular formula is C13H10O5. The minimum absolute atomic E-state index is 0.0111. The van der Waals surface area contributed by atoms with Crippen LogP contribution < -0.4 is 5.43 Å². The monoisotopic (exact) mass is 246 g/mol. The van der Waals surface area contributed by atoms with Crippen molar-refractivity contribution in [3.05, 3.63) is 45.8 Å². The van der Waals surface area contributed by atoms with Gasteiger partial charge in [0, 0.05) is 5.56 Å². The van der Waals surface area contributed by atoms with E-state index < -0.39 is 11.4 Å². The van der Waals surface area contributed by atoms with E-state index in [1.165, 1.54) is 7.11 Å². The smallest absolute Gasteiger partial charge is 0.310 e. The molecule has 0 saturated carbocycles. The lowest BCUT2D eigenvalue weighted by molar-refractivity contribution is -0.139. The van der Waals surface area contributed by atoms with E-state index in [0.29, 0.717) is 17.4 Å². The number of ether oxygens (including phenoxy) is 1. The fourth-order valence-electron chi connectivity index (χ4n) is 1.68. The van der Waals surface area contributed by atoms with Gasteiger partial charge in [0.25, 0.3) is 0 Å². The molecule has 0 fully saturated rings. The molecule has 0 aliphatic heterocycles. The molecule has 2 rings (SSSR count). The van der Waals surface area contributed by atoms with Crippen LogP contribution in [0.25, 0.3) is 11.0 Å². The summed E-state index contributed by atoms with van der Waals surface area (Å²) in [5.74, 6) is -0.426. The molecule has 5 nitrogen and oxygen atoms in total. The topological polar surface area (TPSA) is 73.6 Å². The Bertz CT molecular complexity index is 669. The van der Waals surface area contributed by atoms with Crippen LogP contribution in [0.4, 0.5) is 0 Å². The summed E-state index contributed by atoms with van der Waals surface area (Å²) >= 11 is 0. The first kappa shape index (κ1) is 12.0. The van der Waals surface area contributed by atoms with Crippen LogP contribution in [0.2, 0.25) is 0 Å². The highest BCUT2D eigenvalue weighted by Gasteiger charge is 2.12. The zero-order valence-corrected chi connectivity index (χ0v) is 9.64. The van der Waals surface area contributed by atoms with Gasteiger partial charge < -0.3 is 9.15 Å². The van der Waals surface area contributed by atoms with E-state index in [-0.39, 0.29) is 17.4 Å².